The summed E-state index contributed by atoms with van der Waals surface area (Å²) < 4.78 is 5.45. The average molecular weight is 252 g/mol. The van der Waals surface area contributed by atoms with Crippen LogP contribution in [0.25, 0.3) is 0 Å². The van der Waals surface area contributed by atoms with Crippen molar-refractivity contribution in [1.82, 2.24) is 0 Å². The molecule has 0 saturated carbocycles. The van der Waals surface area contributed by atoms with E-state index < -0.39 is 12.2 Å². The topological polar surface area (TPSA) is 49.7 Å². The Hall–Kier alpha value is -1.06. The molecule has 3 atom stereocenters. The third-order valence-electron chi connectivity index (χ3n) is 3.24. The highest BCUT2D eigenvalue weighted by Gasteiger charge is 2.17. The van der Waals surface area contributed by atoms with Crippen molar-refractivity contribution in [1.29, 1.82) is 0 Å². The van der Waals surface area contributed by atoms with E-state index in [1.807, 2.05) is 32.0 Å². The fourth-order valence-corrected chi connectivity index (χ4v) is 2.14. The zero-order chi connectivity index (χ0) is 13.7. The maximum atomic E-state index is 9.71. The van der Waals surface area contributed by atoms with Crippen molar-refractivity contribution >= 4 is 0 Å². The highest BCUT2D eigenvalue weighted by molar-refractivity contribution is 5.36. The third kappa shape index (κ3) is 4.00. The first kappa shape index (κ1) is 15.0. The Balaban J connectivity index is 2.77. The van der Waals surface area contributed by atoms with E-state index in [1.54, 1.807) is 6.92 Å². The van der Waals surface area contributed by atoms with Gasteiger partial charge in [-0.25, -0.2) is 0 Å². The minimum atomic E-state index is -0.685. The van der Waals surface area contributed by atoms with Gasteiger partial charge >= 0.3 is 0 Å². The Morgan fingerprint density at radius 1 is 1.22 bits per heavy atom. The van der Waals surface area contributed by atoms with Crippen molar-refractivity contribution in [3.8, 4) is 5.75 Å². The Labute approximate surface area is 109 Å². The lowest BCUT2D eigenvalue weighted by atomic mass is 9.90. The Morgan fingerprint density at radius 2 is 1.89 bits per heavy atom. The summed E-state index contributed by atoms with van der Waals surface area (Å²) in [5, 5.41) is 19.0. The number of aliphatic hydroxyl groups is 2. The number of benzene rings is 1. The first-order valence-electron chi connectivity index (χ1n) is 6.55. The second-order valence-electron chi connectivity index (χ2n) is 4.90. The largest absolute Gasteiger partial charge is 0.494 e. The van der Waals surface area contributed by atoms with Crippen LogP contribution in [0.3, 0.4) is 0 Å². The zero-order valence-corrected chi connectivity index (χ0v) is 11.7. The quantitative estimate of drug-likeness (QED) is 0.818. The van der Waals surface area contributed by atoms with Gasteiger partial charge in [0.15, 0.2) is 0 Å². The van der Waals surface area contributed by atoms with Crippen LogP contribution in [0.1, 0.15) is 44.2 Å². The van der Waals surface area contributed by atoms with E-state index >= 15 is 0 Å². The SMILES string of the molecule is CCOc1ccc(C(C)CC(O)C(C)O)c(C)c1. The van der Waals surface area contributed by atoms with Gasteiger partial charge in [-0.2, -0.15) is 0 Å². The van der Waals surface area contributed by atoms with Crippen molar-refractivity contribution in [3.05, 3.63) is 29.3 Å². The first-order valence-corrected chi connectivity index (χ1v) is 6.55. The van der Waals surface area contributed by atoms with Gasteiger partial charge in [0.2, 0.25) is 0 Å². The van der Waals surface area contributed by atoms with Gasteiger partial charge in [0.05, 0.1) is 18.8 Å². The summed E-state index contributed by atoms with van der Waals surface area (Å²) in [4.78, 5) is 0. The number of hydrogen-bond acceptors (Lipinski definition) is 3. The van der Waals surface area contributed by atoms with Crippen LogP contribution in [0.4, 0.5) is 0 Å². The summed E-state index contributed by atoms with van der Waals surface area (Å²) in [6, 6.07) is 6.01. The van der Waals surface area contributed by atoms with Crippen LogP contribution in [0, 0.1) is 6.92 Å². The molecular weight excluding hydrogens is 228 g/mol. The molecule has 0 fully saturated rings. The molecule has 0 saturated heterocycles. The Kier molecular flexibility index (Phi) is 5.63. The van der Waals surface area contributed by atoms with Crippen molar-refractivity contribution in [3.63, 3.8) is 0 Å². The fraction of sp³-hybridized carbons (Fsp3) is 0.600. The molecule has 0 bridgehead atoms. The summed E-state index contributed by atoms with van der Waals surface area (Å²) in [6.07, 6.45) is -0.798. The molecule has 0 heterocycles. The van der Waals surface area contributed by atoms with E-state index in [9.17, 15) is 10.2 Å². The molecule has 3 heteroatoms. The minimum absolute atomic E-state index is 0.213. The molecular formula is C15H24O3. The molecule has 1 aromatic carbocycles. The number of rotatable bonds is 6. The normalized spacial score (nSPS) is 16.1. The van der Waals surface area contributed by atoms with Gasteiger partial charge < -0.3 is 14.9 Å². The molecule has 3 unspecified atom stereocenters. The van der Waals surface area contributed by atoms with Gasteiger partial charge in [0.1, 0.15) is 5.75 Å². The molecule has 0 aliphatic carbocycles. The highest BCUT2D eigenvalue weighted by Crippen LogP contribution is 2.27. The van der Waals surface area contributed by atoms with E-state index in [0.29, 0.717) is 13.0 Å². The van der Waals surface area contributed by atoms with Crippen LogP contribution in [0.5, 0.6) is 5.75 Å². The molecule has 0 aliphatic rings. The smallest absolute Gasteiger partial charge is 0.119 e. The van der Waals surface area contributed by atoms with E-state index in [4.69, 9.17) is 4.74 Å². The van der Waals surface area contributed by atoms with Crippen LogP contribution < -0.4 is 4.74 Å². The Bertz CT molecular complexity index is 374. The van der Waals surface area contributed by atoms with Gasteiger partial charge in [-0.1, -0.05) is 13.0 Å². The highest BCUT2D eigenvalue weighted by atomic mass is 16.5. The monoisotopic (exact) mass is 252 g/mol. The molecule has 0 aliphatic heterocycles. The van der Waals surface area contributed by atoms with Crippen LogP contribution in [-0.4, -0.2) is 29.0 Å². The third-order valence-corrected chi connectivity index (χ3v) is 3.24. The summed E-state index contributed by atoms with van der Waals surface area (Å²) in [6.45, 7) is 8.35. The van der Waals surface area contributed by atoms with Crippen LogP contribution in [0.15, 0.2) is 18.2 Å². The fourth-order valence-electron chi connectivity index (χ4n) is 2.14. The number of ether oxygens (including phenoxy) is 1. The molecule has 0 spiro atoms. The van der Waals surface area contributed by atoms with E-state index in [2.05, 4.69) is 6.92 Å². The van der Waals surface area contributed by atoms with Gasteiger partial charge in [-0.15, -0.1) is 0 Å². The molecule has 1 rings (SSSR count). The first-order chi connectivity index (χ1) is 8.45. The lowest BCUT2D eigenvalue weighted by Crippen LogP contribution is -2.24. The molecule has 102 valence electrons. The summed E-state index contributed by atoms with van der Waals surface area (Å²) >= 11 is 0. The minimum Gasteiger partial charge on any atom is -0.494 e. The van der Waals surface area contributed by atoms with Gasteiger partial charge in [-0.05, 0) is 56.4 Å². The molecule has 1 aromatic rings. The van der Waals surface area contributed by atoms with Crippen LogP contribution in [0.2, 0.25) is 0 Å². The second-order valence-corrected chi connectivity index (χ2v) is 4.90. The van der Waals surface area contributed by atoms with Gasteiger partial charge in [-0.3, -0.25) is 0 Å². The molecule has 0 aromatic heterocycles. The molecule has 0 amide bonds. The van der Waals surface area contributed by atoms with Crippen molar-refractivity contribution in [2.45, 2.75) is 52.2 Å². The maximum absolute atomic E-state index is 9.71. The molecule has 3 nitrogen and oxygen atoms in total. The number of aliphatic hydroxyl groups excluding tert-OH is 2. The molecule has 0 radical (unpaired) electrons. The molecule has 18 heavy (non-hydrogen) atoms. The summed E-state index contributed by atoms with van der Waals surface area (Å²) in [5.41, 5.74) is 2.35. The average Bonchev–Trinajstić information content (AvgIpc) is 2.29. The molecule has 2 N–H and O–H groups in total. The van der Waals surface area contributed by atoms with E-state index in [1.165, 1.54) is 5.56 Å². The van der Waals surface area contributed by atoms with Crippen molar-refractivity contribution in [2.24, 2.45) is 0 Å². The lowest BCUT2D eigenvalue weighted by Gasteiger charge is -2.20. The predicted molar refractivity (Wildman–Crippen MR) is 73.1 cm³/mol. The van der Waals surface area contributed by atoms with Crippen molar-refractivity contribution < 1.29 is 14.9 Å². The maximum Gasteiger partial charge on any atom is 0.119 e. The van der Waals surface area contributed by atoms with Crippen LogP contribution >= 0.6 is 0 Å². The van der Waals surface area contributed by atoms with Gasteiger partial charge in [0.25, 0.3) is 0 Å². The van der Waals surface area contributed by atoms with E-state index in [-0.39, 0.29) is 5.92 Å². The second kappa shape index (κ2) is 6.76. The zero-order valence-electron chi connectivity index (χ0n) is 11.7. The number of aryl methyl sites for hydroxylation is 1. The lowest BCUT2D eigenvalue weighted by molar-refractivity contribution is 0.0227. The van der Waals surface area contributed by atoms with Gasteiger partial charge in [0, 0.05) is 0 Å². The number of hydrogen-bond donors (Lipinski definition) is 2. The Morgan fingerprint density at radius 3 is 2.39 bits per heavy atom. The van der Waals surface area contributed by atoms with Crippen LogP contribution in [-0.2, 0) is 0 Å². The summed E-state index contributed by atoms with van der Waals surface area (Å²) in [7, 11) is 0. The predicted octanol–water partition coefficient (Wildman–Crippen LogP) is 2.63. The summed E-state index contributed by atoms with van der Waals surface area (Å²) in [5.74, 6) is 1.09. The van der Waals surface area contributed by atoms with E-state index in [0.717, 1.165) is 11.3 Å². The van der Waals surface area contributed by atoms with Crippen molar-refractivity contribution in [2.75, 3.05) is 6.61 Å². The standard InChI is InChI=1S/C15H24O3/c1-5-18-13-6-7-14(10(2)8-13)11(3)9-15(17)12(4)16/h6-8,11-12,15-17H,5,9H2,1-4H3.